The van der Waals surface area contributed by atoms with Gasteiger partial charge in [0.15, 0.2) is 0 Å². The SMILES string of the molecule is CN(C=O)Cc1ccc2c(c1)c(=O)n(-c1ccc(C[C@H](NC(=O)OC(C)(C)C)C(=O)O)cc1)c(=O)n2C. The number of carbonyl (C=O) groups excluding carboxylic acids is 2. The predicted molar refractivity (Wildman–Crippen MR) is 137 cm³/mol. The lowest BCUT2D eigenvalue weighted by molar-refractivity contribution is -0.139. The molecule has 1 atom stereocenters. The van der Waals surface area contributed by atoms with Gasteiger partial charge in [-0.25, -0.2) is 19.0 Å². The summed E-state index contributed by atoms with van der Waals surface area (Å²) in [5.74, 6) is -1.23. The molecular weight excluding hydrogens is 480 g/mol. The molecule has 0 bridgehead atoms. The van der Waals surface area contributed by atoms with Crippen LogP contribution in [0.2, 0.25) is 0 Å². The number of nitrogens with zero attached hydrogens (tertiary/aromatic N) is 3. The van der Waals surface area contributed by atoms with Gasteiger partial charge in [-0.2, -0.15) is 0 Å². The maximum absolute atomic E-state index is 13.3. The number of carbonyl (C=O) groups is 3. The Balaban J connectivity index is 1.93. The van der Waals surface area contributed by atoms with E-state index in [1.165, 1.54) is 9.47 Å². The van der Waals surface area contributed by atoms with E-state index < -0.39 is 35.0 Å². The van der Waals surface area contributed by atoms with E-state index in [4.69, 9.17) is 4.74 Å². The fourth-order valence-electron chi connectivity index (χ4n) is 3.83. The van der Waals surface area contributed by atoms with Crippen molar-refractivity contribution in [2.45, 2.75) is 45.4 Å². The van der Waals surface area contributed by atoms with Crippen LogP contribution in [0.15, 0.2) is 52.1 Å². The highest BCUT2D eigenvalue weighted by Gasteiger charge is 2.24. The molecular formula is C26H30N4O7. The normalized spacial score (nSPS) is 12.1. The summed E-state index contributed by atoms with van der Waals surface area (Å²) in [6.07, 6.45) is -0.197. The van der Waals surface area contributed by atoms with E-state index in [1.54, 1.807) is 77.3 Å². The first kappa shape index (κ1) is 27.2. The molecule has 0 aliphatic heterocycles. The summed E-state index contributed by atoms with van der Waals surface area (Å²) >= 11 is 0. The minimum atomic E-state index is -1.24. The van der Waals surface area contributed by atoms with Gasteiger partial charge in [0.2, 0.25) is 6.41 Å². The van der Waals surface area contributed by atoms with Gasteiger partial charge < -0.3 is 20.1 Å². The van der Waals surface area contributed by atoms with Gasteiger partial charge in [-0.05, 0) is 56.2 Å². The molecule has 0 saturated heterocycles. The largest absolute Gasteiger partial charge is 0.480 e. The van der Waals surface area contributed by atoms with Gasteiger partial charge in [0, 0.05) is 27.1 Å². The van der Waals surface area contributed by atoms with Crippen molar-refractivity contribution in [3.8, 4) is 5.69 Å². The zero-order chi connectivity index (χ0) is 27.5. The minimum Gasteiger partial charge on any atom is -0.480 e. The summed E-state index contributed by atoms with van der Waals surface area (Å²) in [5, 5.41) is 12.2. The van der Waals surface area contributed by atoms with Crippen LogP contribution < -0.4 is 16.6 Å². The molecule has 11 nitrogen and oxygen atoms in total. The van der Waals surface area contributed by atoms with Gasteiger partial charge in [0.1, 0.15) is 11.6 Å². The quantitative estimate of drug-likeness (QED) is 0.441. The second kappa shape index (κ2) is 10.7. The van der Waals surface area contributed by atoms with E-state index in [0.29, 0.717) is 35.1 Å². The van der Waals surface area contributed by atoms with E-state index in [9.17, 15) is 29.1 Å². The molecule has 3 rings (SSSR count). The number of aliphatic carboxylic acids is 1. The zero-order valence-corrected chi connectivity index (χ0v) is 21.3. The van der Waals surface area contributed by atoms with Crippen LogP contribution in [0.4, 0.5) is 4.79 Å². The smallest absolute Gasteiger partial charge is 0.408 e. The molecule has 1 heterocycles. The number of fused-ring (bicyclic) bond motifs is 1. The molecule has 3 aromatic rings. The molecule has 0 aliphatic carbocycles. The number of hydrogen-bond acceptors (Lipinski definition) is 6. The molecule has 0 spiro atoms. The first-order chi connectivity index (χ1) is 17.3. The number of aromatic nitrogens is 2. The number of ether oxygens (including phenoxy) is 1. The molecule has 37 heavy (non-hydrogen) atoms. The van der Waals surface area contributed by atoms with Crippen LogP contribution in [-0.2, 0) is 34.3 Å². The van der Waals surface area contributed by atoms with Gasteiger partial charge in [0.25, 0.3) is 5.56 Å². The van der Waals surface area contributed by atoms with Crippen molar-refractivity contribution < 1.29 is 24.2 Å². The van der Waals surface area contributed by atoms with E-state index in [2.05, 4.69) is 5.32 Å². The average Bonchev–Trinajstić information content (AvgIpc) is 2.82. The van der Waals surface area contributed by atoms with Crippen LogP contribution in [0.5, 0.6) is 0 Å². The molecule has 2 aromatic carbocycles. The van der Waals surface area contributed by atoms with Crippen molar-refractivity contribution in [3.63, 3.8) is 0 Å². The fourth-order valence-corrected chi connectivity index (χ4v) is 3.83. The van der Waals surface area contributed by atoms with Crippen molar-refractivity contribution in [3.05, 3.63) is 74.4 Å². The summed E-state index contributed by atoms with van der Waals surface area (Å²) in [7, 11) is 3.18. The molecule has 2 N–H and O–H groups in total. The average molecular weight is 511 g/mol. The number of aryl methyl sites for hydroxylation is 1. The van der Waals surface area contributed by atoms with Crippen molar-refractivity contribution in [1.82, 2.24) is 19.4 Å². The number of nitrogens with one attached hydrogen (secondary N) is 1. The Hall–Kier alpha value is -4.41. The van der Waals surface area contributed by atoms with Gasteiger partial charge in [-0.3, -0.25) is 14.2 Å². The highest BCUT2D eigenvalue weighted by molar-refractivity contribution is 5.80. The summed E-state index contributed by atoms with van der Waals surface area (Å²) < 4.78 is 7.53. The molecule has 0 unspecified atom stereocenters. The Morgan fingerprint density at radius 2 is 1.73 bits per heavy atom. The monoisotopic (exact) mass is 510 g/mol. The number of hydrogen-bond donors (Lipinski definition) is 2. The molecule has 0 fully saturated rings. The summed E-state index contributed by atoms with van der Waals surface area (Å²) in [6, 6.07) is 10.1. The third kappa shape index (κ3) is 6.43. The zero-order valence-electron chi connectivity index (χ0n) is 21.3. The second-order valence-corrected chi connectivity index (χ2v) is 9.76. The van der Waals surface area contributed by atoms with Gasteiger partial charge >= 0.3 is 17.8 Å². The number of rotatable bonds is 8. The number of benzene rings is 2. The van der Waals surface area contributed by atoms with E-state index in [-0.39, 0.29) is 6.42 Å². The molecule has 196 valence electrons. The van der Waals surface area contributed by atoms with E-state index in [0.717, 1.165) is 10.1 Å². The van der Waals surface area contributed by atoms with Gasteiger partial charge in [-0.15, -0.1) is 0 Å². The van der Waals surface area contributed by atoms with E-state index in [1.807, 2.05) is 0 Å². The summed E-state index contributed by atoms with van der Waals surface area (Å²) in [4.78, 5) is 62.5. The number of carboxylic acid groups (broad SMARTS) is 1. The first-order valence-corrected chi connectivity index (χ1v) is 11.5. The Morgan fingerprint density at radius 3 is 2.30 bits per heavy atom. The molecule has 0 saturated carbocycles. The Bertz CT molecular complexity index is 1450. The molecule has 0 radical (unpaired) electrons. The third-order valence-corrected chi connectivity index (χ3v) is 5.57. The Kier molecular flexibility index (Phi) is 7.85. The van der Waals surface area contributed by atoms with Crippen LogP contribution in [0.3, 0.4) is 0 Å². The minimum absolute atomic E-state index is 0.0346. The van der Waals surface area contributed by atoms with Crippen molar-refractivity contribution >= 4 is 29.4 Å². The fraction of sp³-hybridized carbons (Fsp3) is 0.346. The Morgan fingerprint density at radius 1 is 1.11 bits per heavy atom. The molecule has 1 aromatic heterocycles. The van der Waals surface area contributed by atoms with Gasteiger partial charge in [-0.1, -0.05) is 18.2 Å². The second-order valence-electron chi connectivity index (χ2n) is 9.76. The number of alkyl carbamates (subject to hydrolysis) is 1. The first-order valence-electron chi connectivity index (χ1n) is 11.5. The lowest BCUT2D eigenvalue weighted by atomic mass is 10.1. The van der Waals surface area contributed by atoms with Crippen LogP contribution in [0.25, 0.3) is 16.6 Å². The van der Waals surface area contributed by atoms with Crippen molar-refractivity contribution in [1.29, 1.82) is 0 Å². The third-order valence-electron chi connectivity index (χ3n) is 5.57. The standard InChI is InChI=1S/C26H30N4O7/c1-26(2,3)37-24(35)27-20(23(33)34)13-16-6-9-18(10-7-16)30-22(32)19-12-17(14-28(4)15-31)8-11-21(19)29(5)25(30)36/h6-12,15,20H,13-14H2,1-5H3,(H,27,35)(H,33,34)/t20-/m0/s1. The highest BCUT2D eigenvalue weighted by Crippen LogP contribution is 2.15. The molecule has 2 amide bonds. The number of amides is 2. The van der Waals surface area contributed by atoms with Crippen LogP contribution in [-0.4, -0.2) is 56.3 Å². The lowest BCUT2D eigenvalue weighted by Crippen LogP contribution is -2.44. The van der Waals surface area contributed by atoms with Crippen molar-refractivity contribution in [2.24, 2.45) is 7.05 Å². The van der Waals surface area contributed by atoms with Crippen LogP contribution in [0.1, 0.15) is 31.9 Å². The molecule has 11 heteroatoms. The number of carboxylic acids is 1. The van der Waals surface area contributed by atoms with Crippen molar-refractivity contribution in [2.75, 3.05) is 7.05 Å². The predicted octanol–water partition coefficient (Wildman–Crippen LogP) is 1.80. The Labute approximate surface area is 212 Å². The maximum atomic E-state index is 13.3. The van der Waals surface area contributed by atoms with Crippen LogP contribution >= 0.6 is 0 Å². The highest BCUT2D eigenvalue weighted by atomic mass is 16.6. The van der Waals surface area contributed by atoms with E-state index >= 15 is 0 Å². The topological polar surface area (TPSA) is 140 Å². The van der Waals surface area contributed by atoms with Gasteiger partial charge in [0.05, 0.1) is 16.6 Å². The van der Waals surface area contributed by atoms with Crippen LogP contribution in [0, 0.1) is 0 Å². The maximum Gasteiger partial charge on any atom is 0.408 e. The summed E-state index contributed by atoms with van der Waals surface area (Å²) in [6.45, 7) is 5.32. The molecule has 0 aliphatic rings. The lowest BCUT2D eigenvalue weighted by Gasteiger charge is -2.22. The summed E-state index contributed by atoms with van der Waals surface area (Å²) in [5.41, 5.74) is 0.221.